The predicted molar refractivity (Wildman–Crippen MR) is 79.3 cm³/mol. The Kier molecular flexibility index (Phi) is 5.10. The van der Waals surface area contributed by atoms with Crippen LogP contribution in [0.1, 0.15) is 17.2 Å². The van der Waals surface area contributed by atoms with Gasteiger partial charge in [-0.15, -0.1) is 0 Å². The summed E-state index contributed by atoms with van der Waals surface area (Å²) >= 11 is 8.96. The molecule has 2 rings (SSSR count). The second kappa shape index (κ2) is 6.63. The lowest BCUT2D eigenvalue weighted by Gasteiger charge is -2.17. The molecule has 0 saturated carbocycles. The van der Waals surface area contributed by atoms with Crippen molar-refractivity contribution in [2.24, 2.45) is 5.84 Å². The summed E-state index contributed by atoms with van der Waals surface area (Å²) in [5.41, 5.74) is 4.17. The molecule has 2 aromatic rings. The first-order chi connectivity index (χ1) is 9.51. The molecule has 2 aromatic carbocycles. The zero-order valence-electron chi connectivity index (χ0n) is 10.3. The van der Waals surface area contributed by atoms with E-state index in [1.807, 2.05) is 0 Å². The van der Waals surface area contributed by atoms with Crippen molar-refractivity contribution in [2.45, 2.75) is 12.5 Å². The van der Waals surface area contributed by atoms with Crippen LogP contribution in [0.3, 0.4) is 0 Å². The summed E-state index contributed by atoms with van der Waals surface area (Å²) in [7, 11) is 0. The summed E-state index contributed by atoms with van der Waals surface area (Å²) in [6.45, 7) is 0. The molecule has 1 atom stereocenters. The highest BCUT2D eigenvalue weighted by atomic mass is 79.9. The Bertz CT molecular complexity index is 622. The average Bonchev–Trinajstić information content (AvgIpc) is 2.41. The largest absolute Gasteiger partial charge is 0.271 e. The first-order valence-corrected chi connectivity index (χ1v) is 7.03. The van der Waals surface area contributed by atoms with Crippen LogP contribution >= 0.6 is 27.5 Å². The minimum Gasteiger partial charge on any atom is -0.271 e. The maximum Gasteiger partial charge on any atom is 0.142 e. The van der Waals surface area contributed by atoms with Crippen LogP contribution in [0.5, 0.6) is 0 Å². The minimum absolute atomic E-state index is 0.0625. The highest BCUT2D eigenvalue weighted by Crippen LogP contribution is 2.26. The van der Waals surface area contributed by atoms with Crippen molar-refractivity contribution in [3.63, 3.8) is 0 Å². The number of nitrogens with two attached hydrogens (primary N) is 1. The fraction of sp³-hybridized carbons (Fsp3) is 0.143. The van der Waals surface area contributed by atoms with E-state index in [1.54, 1.807) is 12.1 Å². The molecule has 0 amide bonds. The van der Waals surface area contributed by atoms with Gasteiger partial charge in [0.15, 0.2) is 0 Å². The molecular formula is C14H12BrClF2N2. The summed E-state index contributed by atoms with van der Waals surface area (Å²) < 4.78 is 27.2. The van der Waals surface area contributed by atoms with Crippen molar-refractivity contribution in [2.75, 3.05) is 0 Å². The maximum absolute atomic E-state index is 13.5. The summed E-state index contributed by atoms with van der Waals surface area (Å²) in [5.74, 6) is 4.70. The van der Waals surface area contributed by atoms with E-state index >= 15 is 0 Å². The highest BCUT2D eigenvalue weighted by Gasteiger charge is 2.14. The number of hydrazine groups is 1. The van der Waals surface area contributed by atoms with Gasteiger partial charge in [-0.05, 0) is 41.8 Å². The molecule has 6 heteroatoms. The number of hydrogen-bond donors (Lipinski definition) is 2. The highest BCUT2D eigenvalue weighted by molar-refractivity contribution is 9.10. The Balaban J connectivity index is 2.26. The molecule has 0 fully saturated rings. The van der Waals surface area contributed by atoms with Crippen molar-refractivity contribution >= 4 is 27.5 Å². The van der Waals surface area contributed by atoms with Crippen molar-refractivity contribution in [1.82, 2.24) is 5.43 Å². The second-order valence-electron chi connectivity index (χ2n) is 4.33. The van der Waals surface area contributed by atoms with Gasteiger partial charge in [0.05, 0.1) is 11.1 Å². The molecule has 0 spiro atoms. The molecule has 2 nitrogen and oxygen atoms in total. The molecule has 20 heavy (non-hydrogen) atoms. The molecule has 1 unspecified atom stereocenters. The Hall–Kier alpha value is -1.01. The molecule has 0 radical (unpaired) electrons. The zero-order chi connectivity index (χ0) is 14.7. The van der Waals surface area contributed by atoms with Gasteiger partial charge in [0.1, 0.15) is 11.6 Å². The van der Waals surface area contributed by atoms with Crippen LogP contribution in [0.25, 0.3) is 0 Å². The van der Waals surface area contributed by atoms with Crippen LogP contribution in [-0.4, -0.2) is 0 Å². The van der Waals surface area contributed by atoms with Gasteiger partial charge < -0.3 is 0 Å². The zero-order valence-corrected chi connectivity index (χ0v) is 12.7. The number of rotatable bonds is 4. The quantitative estimate of drug-likeness (QED) is 0.635. The van der Waals surface area contributed by atoms with E-state index in [1.165, 1.54) is 24.3 Å². The van der Waals surface area contributed by atoms with Gasteiger partial charge in [0.2, 0.25) is 0 Å². The number of benzene rings is 2. The Labute approximate surface area is 129 Å². The molecule has 0 saturated heterocycles. The van der Waals surface area contributed by atoms with E-state index in [0.717, 1.165) is 5.56 Å². The van der Waals surface area contributed by atoms with Crippen LogP contribution in [0.15, 0.2) is 40.9 Å². The first kappa shape index (κ1) is 15.4. The lowest BCUT2D eigenvalue weighted by Crippen LogP contribution is -2.29. The van der Waals surface area contributed by atoms with E-state index in [2.05, 4.69) is 21.4 Å². The monoisotopic (exact) mass is 360 g/mol. The molecule has 0 heterocycles. The Morgan fingerprint density at radius 3 is 2.55 bits per heavy atom. The fourth-order valence-electron chi connectivity index (χ4n) is 1.91. The number of nitrogens with one attached hydrogen (secondary N) is 1. The van der Waals surface area contributed by atoms with Crippen LogP contribution in [0.4, 0.5) is 8.78 Å². The van der Waals surface area contributed by atoms with Gasteiger partial charge >= 0.3 is 0 Å². The molecule has 0 aromatic heterocycles. The van der Waals surface area contributed by atoms with E-state index in [4.69, 9.17) is 17.4 Å². The third-order valence-electron chi connectivity index (χ3n) is 2.99. The van der Waals surface area contributed by atoms with E-state index in [0.29, 0.717) is 16.5 Å². The molecular weight excluding hydrogens is 350 g/mol. The van der Waals surface area contributed by atoms with Gasteiger partial charge in [-0.2, -0.15) is 0 Å². The molecule has 106 valence electrons. The van der Waals surface area contributed by atoms with Gasteiger partial charge in [-0.25, -0.2) is 8.78 Å². The Morgan fingerprint density at radius 2 is 1.95 bits per heavy atom. The smallest absolute Gasteiger partial charge is 0.142 e. The molecule has 3 N–H and O–H groups in total. The standard InChI is InChI=1S/C14H12BrClF2N2/c15-11-7-10(17)3-1-8(11)6-14(20-19)9-2-4-12(16)13(18)5-9/h1-5,7,14,20H,6,19H2. The van der Waals surface area contributed by atoms with Crippen LogP contribution in [0.2, 0.25) is 5.02 Å². The third-order valence-corrected chi connectivity index (χ3v) is 4.03. The van der Waals surface area contributed by atoms with E-state index < -0.39 is 5.82 Å². The van der Waals surface area contributed by atoms with Crippen LogP contribution in [0, 0.1) is 11.6 Å². The average molecular weight is 362 g/mol. The fourth-order valence-corrected chi connectivity index (χ4v) is 2.54. The van der Waals surface area contributed by atoms with Crippen LogP contribution in [-0.2, 0) is 6.42 Å². The molecule has 0 aliphatic carbocycles. The molecule has 0 aliphatic rings. The molecule has 0 aliphatic heterocycles. The summed E-state index contributed by atoms with van der Waals surface area (Å²) in [6.07, 6.45) is 0.485. The van der Waals surface area contributed by atoms with E-state index in [9.17, 15) is 8.78 Å². The minimum atomic E-state index is -0.498. The lowest BCUT2D eigenvalue weighted by atomic mass is 9.99. The lowest BCUT2D eigenvalue weighted by molar-refractivity contribution is 0.542. The third kappa shape index (κ3) is 3.55. The van der Waals surface area contributed by atoms with E-state index in [-0.39, 0.29) is 16.9 Å². The van der Waals surface area contributed by atoms with Crippen molar-refractivity contribution in [3.05, 3.63) is 68.7 Å². The van der Waals surface area contributed by atoms with Gasteiger partial charge in [-0.3, -0.25) is 11.3 Å². The number of hydrogen-bond acceptors (Lipinski definition) is 2. The SMILES string of the molecule is NNC(Cc1ccc(F)cc1Br)c1ccc(Cl)c(F)c1. The van der Waals surface area contributed by atoms with Crippen molar-refractivity contribution in [1.29, 1.82) is 0 Å². The van der Waals surface area contributed by atoms with Crippen LogP contribution < -0.4 is 11.3 Å². The van der Waals surface area contributed by atoms with Gasteiger partial charge in [-0.1, -0.05) is 39.7 Å². The van der Waals surface area contributed by atoms with Gasteiger partial charge in [0, 0.05) is 4.47 Å². The van der Waals surface area contributed by atoms with Crippen molar-refractivity contribution in [3.8, 4) is 0 Å². The summed E-state index contributed by atoms with van der Waals surface area (Å²) in [5, 5.41) is 0.0625. The Morgan fingerprint density at radius 1 is 1.20 bits per heavy atom. The maximum atomic E-state index is 13.5. The van der Waals surface area contributed by atoms with Gasteiger partial charge in [0.25, 0.3) is 0 Å². The first-order valence-electron chi connectivity index (χ1n) is 5.86. The topological polar surface area (TPSA) is 38.0 Å². The summed E-state index contributed by atoms with van der Waals surface area (Å²) in [4.78, 5) is 0. The predicted octanol–water partition coefficient (Wildman–Crippen LogP) is 4.13. The van der Waals surface area contributed by atoms with Crippen molar-refractivity contribution < 1.29 is 8.78 Å². The second-order valence-corrected chi connectivity index (χ2v) is 5.59. The summed E-state index contributed by atoms with van der Waals surface area (Å²) in [6, 6.07) is 8.63. The molecule has 0 bridgehead atoms. The number of halogens is 4. The normalized spacial score (nSPS) is 12.4.